The van der Waals surface area contributed by atoms with Crippen molar-refractivity contribution in [2.24, 2.45) is 10.7 Å². The SMILES string of the molecule is CC(C)(O)CCOc1ccc2c(c1)C1(COC(N)=N1)c1cc(-c3cccnc3)ccc1O2. The van der Waals surface area contributed by atoms with Crippen LogP contribution in [0.5, 0.6) is 17.2 Å². The maximum atomic E-state index is 9.96. The summed E-state index contributed by atoms with van der Waals surface area (Å²) < 4.78 is 17.8. The molecule has 164 valence electrons. The van der Waals surface area contributed by atoms with Crippen molar-refractivity contribution in [2.45, 2.75) is 31.4 Å². The Morgan fingerprint density at radius 2 is 1.88 bits per heavy atom. The number of nitrogens with zero attached hydrogens (tertiary/aromatic N) is 2. The lowest BCUT2D eigenvalue weighted by Crippen LogP contribution is -2.31. The molecule has 5 rings (SSSR count). The van der Waals surface area contributed by atoms with Crippen LogP contribution >= 0.6 is 0 Å². The predicted molar refractivity (Wildman–Crippen MR) is 121 cm³/mol. The summed E-state index contributed by atoms with van der Waals surface area (Å²) in [6, 6.07) is 15.7. The fourth-order valence-electron chi connectivity index (χ4n) is 4.06. The summed E-state index contributed by atoms with van der Waals surface area (Å²) in [6.07, 6.45) is 4.08. The molecule has 0 saturated carbocycles. The maximum absolute atomic E-state index is 9.96. The number of aromatic nitrogens is 1. The van der Waals surface area contributed by atoms with E-state index in [0.29, 0.717) is 30.3 Å². The normalized spacial score (nSPS) is 18.9. The lowest BCUT2D eigenvalue weighted by atomic mass is 9.80. The van der Waals surface area contributed by atoms with Gasteiger partial charge in [0, 0.05) is 35.5 Å². The second kappa shape index (κ2) is 7.53. The first kappa shape index (κ1) is 20.3. The smallest absolute Gasteiger partial charge is 0.283 e. The van der Waals surface area contributed by atoms with Gasteiger partial charge in [-0.3, -0.25) is 4.98 Å². The molecule has 0 radical (unpaired) electrons. The molecule has 0 bridgehead atoms. The summed E-state index contributed by atoms with van der Waals surface area (Å²) >= 11 is 0. The van der Waals surface area contributed by atoms with E-state index < -0.39 is 11.1 Å². The third kappa shape index (κ3) is 3.65. The summed E-state index contributed by atoms with van der Waals surface area (Å²) in [7, 11) is 0. The van der Waals surface area contributed by atoms with Gasteiger partial charge >= 0.3 is 0 Å². The van der Waals surface area contributed by atoms with Crippen molar-refractivity contribution in [3.63, 3.8) is 0 Å². The molecule has 1 atom stereocenters. The summed E-state index contributed by atoms with van der Waals surface area (Å²) in [6.45, 7) is 4.18. The highest BCUT2D eigenvalue weighted by Crippen LogP contribution is 2.52. The molecule has 7 nitrogen and oxygen atoms in total. The number of pyridine rings is 1. The van der Waals surface area contributed by atoms with Gasteiger partial charge in [-0.2, -0.15) is 0 Å². The molecule has 0 aliphatic carbocycles. The molecule has 3 heterocycles. The molecule has 32 heavy (non-hydrogen) atoms. The van der Waals surface area contributed by atoms with E-state index >= 15 is 0 Å². The zero-order valence-corrected chi connectivity index (χ0v) is 18.0. The summed E-state index contributed by atoms with van der Waals surface area (Å²) in [5.41, 5.74) is 8.06. The van der Waals surface area contributed by atoms with Crippen molar-refractivity contribution < 1.29 is 19.3 Å². The van der Waals surface area contributed by atoms with Gasteiger partial charge in [0.2, 0.25) is 0 Å². The van der Waals surface area contributed by atoms with Gasteiger partial charge in [0.15, 0.2) is 5.54 Å². The van der Waals surface area contributed by atoms with Gasteiger partial charge in [-0.05, 0) is 55.8 Å². The molecule has 1 unspecified atom stereocenters. The Morgan fingerprint density at radius 3 is 2.56 bits per heavy atom. The number of aliphatic imine (C=N–C) groups is 1. The molecule has 2 aliphatic heterocycles. The standard InChI is InChI=1S/C25H25N3O4/c1-24(2,29)9-11-30-18-6-8-22-20(13-18)25(15-31-23(26)28-25)19-12-16(5-7-21(19)32-22)17-4-3-10-27-14-17/h3-8,10,12-14,29H,9,11,15H2,1-2H3,(H2,26,28). The van der Waals surface area contributed by atoms with Gasteiger partial charge in [0.1, 0.15) is 23.9 Å². The molecule has 0 saturated heterocycles. The van der Waals surface area contributed by atoms with Crippen LogP contribution in [-0.4, -0.2) is 34.9 Å². The molecule has 3 N–H and O–H groups in total. The third-order valence-electron chi connectivity index (χ3n) is 5.75. The topological polar surface area (TPSA) is 99.2 Å². The minimum absolute atomic E-state index is 0.143. The number of nitrogens with two attached hydrogens (primary N) is 1. The lowest BCUT2D eigenvalue weighted by Gasteiger charge is -2.34. The van der Waals surface area contributed by atoms with E-state index in [1.54, 1.807) is 20.0 Å². The highest BCUT2D eigenvalue weighted by Gasteiger charge is 2.47. The van der Waals surface area contributed by atoms with Gasteiger partial charge in [-0.15, -0.1) is 0 Å². The molecule has 2 aliphatic rings. The minimum atomic E-state index is -0.833. The highest BCUT2D eigenvalue weighted by molar-refractivity contribution is 5.78. The fourth-order valence-corrected chi connectivity index (χ4v) is 4.06. The second-order valence-electron chi connectivity index (χ2n) is 8.72. The van der Waals surface area contributed by atoms with Crippen LogP contribution in [0.2, 0.25) is 0 Å². The first-order valence-corrected chi connectivity index (χ1v) is 10.5. The van der Waals surface area contributed by atoms with E-state index in [4.69, 9.17) is 24.9 Å². The van der Waals surface area contributed by atoms with Crippen LogP contribution < -0.4 is 15.2 Å². The average Bonchev–Trinajstić information content (AvgIpc) is 3.16. The summed E-state index contributed by atoms with van der Waals surface area (Å²) in [5.74, 6) is 2.06. The van der Waals surface area contributed by atoms with Crippen molar-refractivity contribution in [3.05, 3.63) is 72.1 Å². The van der Waals surface area contributed by atoms with Crippen LogP contribution in [0.1, 0.15) is 31.4 Å². The number of fused-ring (bicyclic) bond motifs is 4. The van der Waals surface area contributed by atoms with E-state index in [1.807, 2.05) is 48.7 Å². The molecular formula is C25H25N3O4. The molecule has 1 aromatic heterocycles. The maximum Gasteiger partial charge on any atom is 0.283 e. The van der Waals surface area contributed by atoms with Crippen LogP contribution in [0.3, 0.4) is 0 Å². The van der Waals surface area contributed by atoms with E-state index in [1.165, 1.54) is 0 Å². The van der Waals surface area contributed by atoms with E-state index in [2.05, 4.69) is 11.1 Å². The van der Waals surface area contributed by atoms with Crippen LogP contribution in [0.15, 0.2) is 65.9 Å². The number of hydrogen-bond acceptors (Lipinski definition) is 7. The van der Waals surface area contributed by atoms with Gasteiger partial charge in [-0.1, -0.05) is 12.1 Å². The van der Waals surface area contributed by atoms with Gasteiger partial charge in [-0.25, -0.2) is 4.99 Å². The molecule has 1 spiro atoms. The summed E-state index contributed by atoms with van der Waals surface area (Å²) in [4.78, 5) is 8.97. The Labute approximate surface area is 186 Å². The van der Waals surface area contributed by atoms with Gasteiger partial charge < -0.3 is 25.1 Å². The predicted octanol–water partition coefficient (Wildman–Crippen LogP) is 3.98. The molecule has 0 fully saturated rings. The second-order valence-corrected chi connectivity index (χ2v) is 8.72. The van der Waals surface area contributed by atoms with Crippen molar-refractivity contribution in [1.29, 1.82) is 0 Å². The molecule has 7 heteroatoms. The largest absolute Gasteiger partial charge is 0.493 e. The van der Waals surface area contributed by atoms with Crippen molar-refractivity contribution in [3.8, 4) is 28.4 Å². The molecular weight excluding hydrogens is 406 g/mol. The summed E-state index contributed by atoms with van der Waals surface area (Å²) in [5, 5.41) is 9.96. The zero-order valence-electron chi connectivity index (χ0n) is 18.0. The molecule has 0 amide bonds. The first-order valence-electron chi connectivity index (χ1n) is 10.5. The number of amidine groups is 1. The van der Waals surface area contributed by atoms with Gasteiger partial charge in [0.05, 0.1) is 12.2 Å². The molecule has 3 aromatic rings. The Bertz CT molecular complexity index is 1190. The number of ether oxygens (including phenoxy) is 3. The van der Waals surface area contributed by atoms with Crippen molar-refractivity contribution in [2.75, 3.05) is 13.2 Å². The third-order valence-corrected chi connectivity index (χ3v) is 5.75. The zero-order chi connectivity index (χ0) is 22.3. The fraction of sp³-hybridized carbons (Fsp3) is 0.280. The monoisotopic (exact) mass is 431 g/mol. The Balaban J connectivity index is 1.57. The lowest BCUT2D eigenvalue weighted by molar-refractivity contribution is 0.0553. The van der Waals surface area contributed by atoms with Gasteiger partial charge in [0.25, 0.3) is 6.02 Å². The quantitative estimate of drug-likeness (QED) is 0.634. The Morgan fingerprint density at radius 1 is 1.09 bits per heavy atom. The number of benzene rings is 2. The Kier molecular flexibility index (Phi) is 4.78. The minimum Gasteiger partial charge on any atom is -0.493 e. The van der Waals surface area contributed by atoms with Crippen LogP contribution in [0.4, 0.5) is 0 Å². The average molecular weight is 431 g/mol. The number of rotatable bonds is 5. The van der Waals surface area contributed by atoms with E-state index in [9.17, 15) is 5.11 Å². The van der Waals surface area contributed by atoms with Crippen molar-refractivity contribution in [1.82, 2.24) is 4.98 Å². The van der Waals surface area contributed by atoms with Crippen molar-refractivity contribution >= 4 is 6.02 Å². The number of aliphatic hydroxyl groups is 1. The molecule has 2 aromatic carbocycles. The number of hydrogen-bond donors (Lipinski definition) is 2. The van der Waals surface area contributed by atoms with Crippen LogP contribution in [0.25, 0.3) is 11.1 Å². The highest BCUT2D eigenvalue weighted by atomic mass is 16.5. The van der Waals surface area contributed by atoms with E-state index in [-0.39, 0.29) is 12.6 Å². The van der Waals surface area contributed by atoms with Crippen LogP contribution in [0, 0.1) is 0 Å². The Hall–Kier alpha value is -3.58. The van der Waals surface area contributed by atoms with Crippen LogP contribution in [-0.2, 0) is 10.3 Å². The van der Waals surface area contributed by atoms with E-state index in [0.717, 1.165) is 22.3 Å². The first-order chi connectivity index (χ1) is 15.3.